The highest BCUT2D eigenvalue weighted by Crippen LogP contribution is 2.46. The van der Waals surface area contributed by atoms with Crippen LogP contribution in [0.1, 0.15) is 45.1 Å². The van der Waals surface area contributed by atoms with Gasteiger partial charge in [-0.15, -0.1) is 0 Å². The molecule has 1 saturated heterocycles. The molecule has 4 heteroatoms. The Morgan fingerprint density at radius 3 is 2.85 bits per heavy atom. The first kappa shape index (κ1) is 13.4. The molecule has 0 aromatic heterocycles. The van der Waals surface area contributed by atoms with Crippen molar-refractivity contribution >= 4 is 11.8 Å². The molecule has 0 aliphatic carbocycles. The van der Waals surface area contributed by atoms with Crippen LogP contribution in [0, 0.1) is 0 Å². The molecule has 4 nitrogen and oxygen atoms in total. The van der Waals surface area contributed by atoms with Gasteiger partial charge < -0.3 is 9.47 Å². The van der Waals surface area contributed by atoms with Crippen molar-refractivity contribution in [3.8, 4) is 0 Å². The summed E-state index contributed by atoms with van der Waals surface area (Å²) >= 11 is 0. The molecule has 1 aromatic rings. The number of benzene rings is 1. The van der Waals surface area contributed by atoms with E-state index in [-0.39, 0.29) is 18.2 Å². The summed E-state index contributed by atoms with van der Waals surface area (Å²) in [4.78, 5) is 14.2. The van der Waals surface area contributed by atoms with Crippen molar-refractivity contribution in [2.24, 2.45) is 0 Å². The Hall–Kier alpha value is -1.55. The Kier molecular flexibility index (Phi) is 3.21. The molecule has 0 spiro atoms. The van der Waals surface area contributed by atoms with E-state index in [4.69, 9.17) is 9.47 Å². The molecule has 3 rings (SSSR count). The first-order valence-electron chi connectivity index (χ1n) is 7.20. The zero-order chi connectivity index (χ0) is 14.3. The Labute approximate surface area is 119 Å². The minimum absolute atomic E-state index is 0.212. The summed E-state index contributed by atoms with van der Waals surface area (Å²) in [6.07, 6.45) is 1.56. The summed E-state index contributed by atoms with van der Waals surface area (Å²) in [5.41, 5.74) is 1.63. The van der Waals surface area contributed by atoms with Crippen molar-refractivity contribution in [3.63, 3.8) is 0 Å². The zero-order valence-corrected chi connectivity index (χ0v) is 12.3. The van der Waals surface area contributed by atoms with Crippen LogP contribution < -0.4 is 4.90 Å². The van der Waals surface area contributed by atoms with Crippen molar-refractivity contribution in [2.45, 2.75) is 51.4 Å². The number of carbonyl (C=O) groups is 1. The van der Waals surface area contributed by atoms with Crippen LogP contribution in [0.2, 0.25) is 0 Å². The maximum absolute atomic E-state index is 12.5. The second-order valence-electron chi connectivity index (χ2n) is 6.42. The van der Waals surface area contributed by atoms with Gasteiger partial charge in [0.15, 0.2) is 0 Å². The molecule has 108 valence electrons. The molecule has 0 unspecified atom stereocenters. The third kappa shape index (κ3) is 2.29. The summed E-state index contributed by atoms with van der Waals surface area (Å²) < 4.78 is 11.4. The van der Waals surface area contributed by atoms with Gasteiger partial charge in [0.05, 0.1) is 5.69 Å². The average Bonchev–Trinajstić information content (AvgIpc) is 2.71. The fourth-order valence-corrected chi connectivity index (χ4v) is 3.00. The highest BCUT2D eigenvalue weighted by molar-refractivity contribution is 5.91. The number of nitrogens with zero attached hydrogens (tertiary/aromatic N) is 1. The Balaban J connectivity index is 1.95. The Morgan fingerprint density at radius 1 is 1.35 bits per heavy atom. The lowest BCUT2D eigenvalue weighted by Gasteiger charge is -2.33. The molecular formula is C16H21NO3. The smallest absolute Gasteiger partial charge is 0.416 e. The second-order valence-corrected chi connectivity index (χ2v) is 6.42. The van der Waals surface area contributed by atoms with Crippen LogP contribution in [0.25, 0.3) is 0 Å². The van der Waals surface area contributed by atoms with Crippen LogP contribution in [-0.2, 0) is 9.47 Å². The molecule has 0 saturated carbocycles. The van der Waals surface area contributed by atoms with Gasteiger partial charge in [-0.2, -0.15) is 0 Å². The van der Waals surface area contributed by atoms with E-state index in [0.717, 1.165) is 18.5 Å². The van der Waals surface area contributed by atoms with E-state index in [1.54, 1.807) is 4.90 Å². The number of hydrogen-bond acceptors (Lipinski definition) is 3. The molecule has 2 aliphatic rings. The fourth-order valence-electron chi connectivity index (χ4n) is 3.00. The van der Waals surface area contributed by atoms with Gasteiger partial charge in [-0.3, -0.25) is 4.90 Å². The van der Waals surface area contributed by atoms with E-state index < -0.39 is 5.60 Å². The van der Waals surface area contributed by atoms with E-state index >= 15 is 0 Å². The van der Waals surface area contributed by atoms with Crippen molar-refractivity contribution in [3.05, 3.63) is 29.8 Å². The number of carbonyl (C=O) groups excluding carboxylic acids is 1. The second kappa shape index (κ2) is 4.77. The van der Waals surface area contributed by atoms with Gasteiger partial charge in [0.2, 0.25) is 0 Å². The van der Waals surface area contributed by atoms with Crippen molar-refractivity contribution in [1.82, 2.24) is 0 Å². The first-order chi connectivity index (χ1) is 9.47. The molecule has 2 heterocycles. The first-order valence-corrected chi connectivity index (χ1v) is 7.20. The summed E-state index contributed by atoms with van der Waals surface area (Å²) in [6, 6.07) is 8.03. The van der Waals surface area contributed by atoms with Crippen molar-refractivity contribution in [2.75, 3.05) is 11.5 Å². The Bertz CT molecular complexity index is 521. The van der Waals surface area contributed by atoms with Gasteiger partial charge in [0, 0.05) is 12.5 Å². The number of fused-ring (bicyclic) bond motifs is 3. The summed E-state index contributed by atoms with van der Waals surface area (Å²) in [5.74, 6) is 0.271. The lowest BCUT2D eigenvalue weighted by Crippen LogP contribution is -2.45. The van der Waals surface area contributed by atoms with Crippen LogP contribution >= 0.6 is 0 Å². The van der Waals surface area contributed by atoms with E-state index in [0.29, 0.717) is 6.61 Å². The maximum atomic E-state index is 12.5. The molecule has 0 bridgehead atoms. The number of para-hydroxylation sites is 1. The molecular weight excluding hydrogens is 254 g/mol. The lowest BCUT2D eigenvalue weighted by molar-refractivity contribution is -0.00442. The van der Waals surface area contributed by atoms with Crippen LogP contribution in [0.3, 0.4) is 0 Å². The molecule has 2 aliphatic heterocycles. The molecule has 0 radical (unpaired) electrons. The number of hydrogen-bond donors (Lipinski definition) is 0. The van der Waals surface area contributed by atoms with Crippen LogP contribution in [-0.4, -0.2) is 24.5 Å². The number of rotatable bonds is 0. The lowest BCUT2D eigenvalue weighted by atomic mass is 9.94. The van der Waals surface area contributed by atoms with Gasteiger partial charge in [0.25, 0.3) is 0 Å². The fraction of sp³-hybridized carbons (Fsp3) is 0.562. The van der Waals surface area contributed by atoms with Gasteiger partial charge >= 0.3 is 6.09 Å². The zero-order valence-electron chi connectivity index (χ0n) is 12.3. The largest absolute Gasteiger partial charge is 0.443 e. The molecule has 1 aromatic carbocycles. The highest BCUT2D eigenvalue weighted by Gasteiger charge is 2.45. The van der Waals surface area contributed by atoms with E-state index in [1.165, 1.54) is 5.56 Å². The SMILES string of the molecule is CC(C)(C)OC(=O)N1c2ccccc2[C@H]2CCCO[C@H]21. The van der Waals surface area contributed by atoms with Crippen LogP contribution in [0.15, 0.2) is 24.3 Å². The standard InChI is InChI=1S/C16H21NO3/c1-16(2,3)20-15(18)17-13-9-5-4-7-11(13)12-8-6-10-19-14(12)17/h4-5,7,9,12,14H,6,8,10H2,1-3H3/t12-,14-/m1/s1. The number of anilines is 1. The molecule has 1 amide bonds. The predicted octanol–water partition coefficient (Wildman–Crippen LogP) is 3.66. The normalized spacial score (nSPS) is 25.1. The van der Waals surface area contributed by atoms with Crippen LogP contribution in [0.4, 0.5) is 10.5 Å². The number of amides is 1. The summed E-state index contributed by atoms with van der Waals surface area (Å²) in [5, 5.41) is 0. The maximum Gasteiger partial charge on any atom is 0.416 e. The molecule has 2 atom stereocenters. The van der Waals surface area contributed by atoms with Crippen molar-refractivity contribution in [1.29, 1.82) is 0 Å². The topological polar surface area (TPSA) is 38.8 Å². The van der Waals surface area contributed by atoms with E-state index in [1.807, 2.05) is 39.0 Å². The molecule has 20 heavy (non-hydrogen) atoms. The highest BCUT2D eigenvalue weighted by atomic mass is 16.6. The molecule has 0 N–H and O–H groups in total. The third-order valence-corrected chi connectivity index (χ3v) is 3.73. The summed E-state index contributed by atoms with van der Waals surface area (Å²) in [7, 11) is 0. The van der Waals surface area contributed by atoms with Crippen molar-refractivity contribution < 1.29 is 14.3 Å². The third-order valence-electron chi connectivity index (χ3n) is 3.73. The van der Waals surface area contributed by atoms with Gasteiger partial charge in [0.1, 0.15) is 11.8 Å². The molecule has 1 fully saturated rings. The minimum Gasteiger partial charge on any atom is -0.443 e. The van der Waals surface area contributed by atoms with E-state index in [9.17, 15) is 4.79 Å². The number of ether oxygens (including phenoxy) is 2. The van der Waals surface area contributed by atoms with Gasteiger partial charge in [-0.05, 0) is 45.2 Å². The Morgan fingerprint density at radius 2 is 2.10 bits per heavy atom. The predicted molar refractivity (Wildman–Crippen MR) is 76.9 cm³/mol. The summed E-state index contributed by atoms with van der Waals surface area (Å²) in [6.45, 7) is 6.35. The van der Waals surface area contributed by atoms with Gasteiger partial charge in [-0.1, -0.05) is 18.2 Å². The monoisotopic (exact) mass is 275 g/mol. The van der Waals surface area contributed by atoms with Gasteiger partial charge in [-0.25, -0.2) is 4.79 Å². The van der Waals surface area contributed by atoms with E-state index in [2.05, 4.69) is 6.07 Å². The average molecular weight is 275 g/mol. The minimum atomic E-state index is -0.501. The quantitative estimate of drug-likeness (QED) is 0.725. The van der Waals surface area contributed by atoms with Crippen LogP contribution in [0.5, 0.6) is 0 Å².